The van der Waals surface area contributed by atoms with Crippen LogP contribution in [0.15, 0.2) is 36.4 Å². The van der Waals surface area contributed by atoms with Crippen LogP contribution >= 0.6 is 11.6 Å². The summed E-state index contributed by atoms with van der Waals surface area (Å²) in [7, 11) is 0. The van der Waals surface area contributed by atoms with E-state index >= 15 is 0 Å². The van der Waals surface area contributed by atoms with E-state index in [2.05, 4.69) is 0 Å². The lowest BCUT2D eigenvalue weighted by atomic mass is 9.98. The molecule has 0 aromatic heterocycles. The van der Waals surface area contributed by atoms with Gasteiger partial charge in [0.15, 0.2) is 0 Å². The fourth-order valence-corrected chi connectivity index (χ4v) is 2.53. The first-order valence-electron chi connectivity index (χ1n) is 7.35. The van der Waals surface area contributed by atoms with Crippen molar-refractivity contribution in [3.63, 3.8) is 0 Å². The highest BCUT2D eigenvalue weighted by atomic mass is 35.5. The maximum absolute atomic E-state index is 13.7. The van der Waals surface area contributed by atoms with Gasteiger partial charge in [-0.2, -0.15) is 0 Å². The van der Waals surface area contributed by atoms with Crippen LogP contribution in [0, 0.1) is 11.7 Å². The van der Waals surface area contributed by atoms with E-state index in [0.717, 1.165) is 0 Å². The normalized spacial score (nSPS) is 11.3. The molecule has 0 spiro atoms. The van der Waals surface area contributed by atoms with Gasteiger partial charge in [-0.15, -0.1) is 0 Å². The predicted molar refractivity (Wildman–Crippen MR) is 85.7 cm³/mol. The summed E-state index contributed by atoms with van der Waals surface area (Å²) in [5.41, 5.74) is 0.765. The van der Waals surface area contributed by atoms with Gasteiger partial charge in [0.2, 0.25) is 0 Å². The van der Waals surface area contributed by atoms with Crippen molar-refractivity contribution >= 4 is 11.6 Å². The third kappa shape index (κ3) is 4.64. The van der Waals surface area contributed by atoms with Crippen LogP contribution in [-0.2, 0) is 13.0 Å². The van der Waals surface area contributed by atoms with Gasteiger partial charge < -0.3 is 4.74 Å². The summed E-state index contributed by atoms with van der Waals surface area (Å²) >= 11 is 5.92. The van der Waals surface area contributed by atoms with Gasteiger partial charge in [0.1, 0.15) is 18.2 Å². The Morgan fingerprint density at radius 2 is 1.87 bits per heavy atom. The summed E-state index contributed by atoms with van der Waals surface area (Å²) in [5.74, 6) is 0.0617. The van der Waals surface area contributed by atoms with Gasteiger partial charge in [0, 0.05) is 11.1 Å². The second-order valence-corrected chi connectivity index (χ2v) is 6.16. The molecule has 0 aliphatic heterocycles. The number of benzene rings is 2. The number of hydrogen-bond acceptors (Lipinski definition) is 1. The molecular formula is C18H18ClF3O. The van der Waals surface area contributed by atoms with Gasteiger partial charge in [-0.25, -0.2) is 13.2 Å². The van der Waals surface area contributed by atoms with Crippen LogP contribution < -0.4 is 4.74 Å². The second kappa shape index (κ2) is 7.73. The summed E-state index contributed by atoms with van der Waals surface area (Å²) in [6, 6.07) is 8.91. The van der Waals surface area contributed by atoms with Crippen LogP contribution in [-0.4, -0.2) is 0 Å². The van der Waals surface area contributed by atoms with E-state index in [1.54, 1.807) is 18.2 Å². The van der Waals surface area contributed by atoms with Gasteiger partial charge in [-0.1, -0.05) is 37.6 Å². The Labute approximate surface area is 139 Å². The lowest BCUT2D eigenvalue weighted by Crippen LogP contribution is -2.03. The molecule has 5 heteroatoms. The fraction of sp³-hybridized carbons (Fsp3) is 0.333. The molecule has 23 heavy (non-hydrogen) atoms. The van der Waals surface area contributed by atoms with Crippen LogP contribution in [0.25, 0.3) is 0 Å². The third-order valence-corrected chi connectivity index (χ3v) is 3.78. The Hall–Kier alpha value is -1.68. The molecule has 0 saturated heterocycles. The van der Waals surface area contributed by atoms with Crippen LogP contribution in [0.1, 0.15) is 37.0 Å². The van der Waals surface area contributed by atoms with Crippen LogP contribution in [0.5, 0.6) is 5.75 Å². The molecule has 2 rings (SSSR count). The average molecular weight is 343 g/mol. The molecule has 0 amide bonds. The van der Waals surface area contributed by atoms with E-state index in [-0.39, 0.29) is 34.4 Å². The maximum Gasteiger partial charge on any atom is 0.264 e. The molecule has 0 saturated carbocycles. The summed E-state index contributed by atoms with van der Waals surface area (Å²) < 4.78 is 45.6. The molecule has 0 aliphatic rings. The Morgan fingerprint density at radius 1 is 1.13 bits per heavy atom. The number of alkyl halides is 2. The second-order valence-electron chi connectivity index (χ2n) is 5.75. The SMILES string of the molecule is CC(C)Cc1ccc(OCc2c(F)cccc2Cl)cc1C(F)F. The molecule has 2 aromatic carbocycles. The van der Waals surface area contributed by atoms with E-state index in [4.69, 9.17) is 16.3 Å². The zero-order valence-electron chi connectivity index (χ0n) is 13.0. The first-order valence-corrected chi connectivity index (χ1v) is 7.73. The maximum atomic E-state index is 13.7. The van der Waals surface area contributed by atoms with Crippen molar-refractivity contribution in [2.24, 2.45) is 5.92 Å². The minimum absolute atomic E-state index is 0.0455. The van der Waals surface area contributed by atoms with Crippen LogP contribution in [0.2, 0.25) is 5.02 Å². The standard InChI is InChI=1S/C18H18ClF3O/c1-11(2)8-12-6-7-13(9-14(12)18(21)22)23-10-15-16(19)4-3-5-17(15)20/h3-7,9,11,18H,8,10H2,1-2H3. The molecule has 0 fully saturated rings. The number of rotatable bonds is 6. The lowest BCUT2D eigenvalue weighted by molar-refractivity contribution is 0.149. The molecule has 0 atom stereocenters. The highest BCUT2D eigenvalue weighted by molar-refractivity contribution is 6.31. The van der Waals surface area contributed by atoms with E-state index in [9.17, 15) is 13.2 Å². The number of ether oxygens (including phenoxy) is 1. The molecule has 0 N–H and O–H groups in total. The van der Waals surface area contributed by atoms with Gasteiger partial charge in [0.05, 0.1) is 5.02 Å². The van der Waals surface area contributed by atoms with E-state index < -0.39 is 12.2 Å². The van der Waals surface area contributed by atoms with Crippen LogP contribution in [0.4, 0.5) is 13.2 Å². The van der Waals surface area contributed by atoms with Crippen LogP contribution in [0.3, 0.4) is 0 Å². The molecule has 2 aromatic rings. The van der Waals surface area contributed by atoms with Crippen molar-refractivity contribution in [3.05, 3.63) is 63.9 Å². The Balaban J connectivity index is 2.19. The van der Waals surface area contributed by atoms with Gasteiger partial charge in [-0.3, -0.25) is 0 Å². The van der Waals surface area contributed by atoms with Crippen molar-refractivity contribution in [2.75, 3.05) is 0 Å². The Morgan fingerprint density at radius 3 is 2.48 bits per heavy atom. The topological polar surface area (TPSA) is 9.23 Å². The molecule has 0 radical (unpaired) electrons. The highest BCUT2D eigenvalue weighted by Crippen LogP contribution is 2.30. The first kappa shape index (κ1) is 17.7. The predicted octanol–water partition coefficient (Wildman–Crippen LogP) is 6.19. The molecule has 124 valence electrons. The Kier molecular flexibility index (Phi) is 5.94. The van der Waals surface area contributed by atoms with Crippen molar-refractivity contribution < 1.29 is 17.9 Å². The Bertz CT molecular complexity index is 651. The number of hydrogen-bond donors (Lipinski definition) is 0. The van der Waals surface area contributed by atoms with Crippen molar-refractivity contribution in [2.45, 2.75) is 33.3 Å². The zero-order chi connectivity index (χ0) is 17.0. The lowest BCUT2D eigenvalue weighted by Gasteiger charge is -2.14. The monoisotopic (exact) mass is 342 g/mol. The minimum atomic E-state index is -2.58. The molecule has 0 aliphatic carbocycles. The minimum Gasteiger partial charge on any atom is -0.489 e. The molecule has 0 bridgehead atoms. The van der Waals surface area contributed by atoms with Crippen molar-refractivity contribution in [1.29, 1.82) is 0 Å². The number of halogens is 4. The third-order valence-electron chi connectivity index (χ3n) is 3.43. The molecule has 0 unspecified atom stereocenters. The summed E-state index contributed by atoms with van der Waals surface area (Å²) in [6.07, 6.45) is -2.01. The van der Waals surface area contributed by atoms with Gasteiger partial charge in [0.25, 0.3) is 6.43 Å². The quantitative estimate of drug-likeness (QED) is 0.607. The van der Waals surface area contributed by atoms with E-state index in [0.29, 0.717) is 12.0 Å². The largest absolute Gasteiger partial charge is 0.489 e. The van der Waals surface area contributed by atoms with Gasteiger partial charge >= 0.3 is 0 Å². The molecular weight excluding hydrogens is 325 g/mol. The van der Waals surface area contributed by atoms with E-state index in [1.807, 2.05) is 13.8 Å². The summed E-state index contributed by atoms with van der Waals surface area (Å²) in [6.45, 7) is 3.83. The van der Waals surface area contributed by atoms with E-state index in [1.165, 1.54) is 18.2 Å². The fourth-order valence-electron chi connectivity index (χ4n) is 2.32. The van der Waals surface area contributed by atoms with Crippen molar-refractivity contribution in [3.8, 4) is 5.75 Å². The molecule has 1 nitrogen and oxygen atoms in total. The zero-order valence-corrected chi connectivity index (χ0v) is 13.7. The smallest absolute Gasteiger partial charge is 0.264 e. The summed E-state index contributed by atoms with van der Waals surface area (Å²) in [4.78, 5) is 0. The van der Waals surface area contributed by atoms with Crippen molar-refractivity contribution in [1.82, 2.24) is 0 Å². The average Bonchev–Trinajstić information content (AvgIpc) is 2.47. The molecule has 0 heterocycles. The summed E-state index contributed by atoms with van der Waals surface area (Å²) in [5, 5.41) is 0.246. The van der Waals surface area contributed by atoms with Gasteiger partial charge in [-0.05, 0) is 42.2 Å². The first-order chi connectivity index (χ1) is 10.9. The highest BCUT2D eigenvalue weighted by Gasteiger charge is 2.16.